The maximum atomic E-state index is 11.5. The van der Waals surface area contributed by atoms with E-state index in [1.54, 1.807) is 6.08 Å². The first-order valence-corrected chi connectivity index (χ1v) is 5.63. The first-order valence-electron chi connectivity index (χ1n) is 5.63. The van der Waals surface area contributed by atoms with Crippen molar-refractivity contribution in [2.75, 3.05) is 0 Å². The van der Waals surface area contributed by atoms with Gasteiger partial charge in [0.2, 0.25) is 0 Å². The van der Waals surface area contributed by atoms with Crippen LogP contribution >= 0.6 is 0 Å². The molecule has 0 spiro atoms. The number of carbonyl (C=O) groups excluding carboxylic acids is 1. The minimum absolute atomic E-state index is 0.126. The van der Waals surface area contributed by atoms with E-state index in [9.17, 15) is 4.79 Å². The number of benzene rings is 1. The third-order valence-electron chi connectivity index (χ3n) is 2.37. The molecule has 0 bridgehead atoms. The fourth-order valence-corrected chi connectivity index (χ4v) is 1.49. The van der Waals surface area contributed by atoms with Crippen molar-refractivity contribution < 1.29 is 9.53 Å². The maximum Gasteiger partial charge on any atom is 0.306 e. The maximum absolute atomic E-state index is 11.5. The van der Waals surface area contributed by atoms with E-state index in [0.717, 1.165) is 12.0 Å². The van der Waals surface area contributed by atoms with Gasteiger partial charge in [0.05, 0.1) is 0 Å². The molecule has 2 heteroatoms. The molecule has 0 aliphatic carbocycles. The Morgan fingerprint density at radius 1 is 1.44 bits per heavy atom. The number of ether oxygens (including phenoxy) is 1. The van der Waals surface area contributed by atoms with Gasteiger partial charge < -0.3 is 4.74 Å². The Morgan fingerprint density at radius 2 is 2.12 bits per heavy atom. The third-order valence-corrected chi connectivity index (χ3v) is 2.37. The predicted molar refractivity (Wildman–Crippen MR) is 65.0 cm³/mol. The van der Waals surface area contributed by atoms with Crippen molar-refractivity contribution in [3.8, 4) is 0 Å². The second-order valence-electron chi connectivity index (χ2n) is 3.62. The molecule has 1 atom stereocenters. The van der Waals surface area contributed by atoms with Crippen molar-refractivity contribution >= 4 is 5.97 Å². The standard InChI is InChI=1S/C14H18O2/c1-3-5-11-14(15)16-13(4-2)12-9-7-6-8-10-12/h3,6-10,13H,1,4-5,11H2,2H3. The Bertz CT molecular complexity index is 330. The summed E-state index contributed by atoms with van der Waals surface area (Å²) in [4.78, 5) is 11.5. The van der Waals surface area contributed by atoms with Crippen LogP contribution in [0.1, 0.15) is 37.9 Å². The predicted octanol–water partition coefficient (Wildman–Crippen LogP) is 3.65. The SMILES string of the molecule is C=CCCC(=O)OC(CC)c1ccccc1. The first-order chi connectivity index (χ1) is 7.77. The number of hydrogen-bond donors (Lipinski definition) is 0. The van der Waals surface area contributed by atoms with Crippen molar-refractivity contribution in [1.29, 1.82) is 0 Å². The zero-order chi connectivity index (χ0) is 11.8. The molecular weight excluding hydrogens is 200 g/mol. The topological polar surface area (TPSA) is 26.3 Å². The number of allylic oxidation sites excluding steroid dienone is 1. The highest BCUT2D eigenvalue weighted by Gasteiger charge is 2.13. The molecule has 2 nitrogen and oxygen atoms in total. The highest BCUT2D eigenvalue weighted by Crippen LogP contribution is 2.21. The second-order valence-corrected chi connectivity index (χ2v) is 3.62. The lowest BCUT2D eigenvalue weighted by molar-refractivity contribution is -0.149. The molecule has 0 radical (unpaired) electrons. The number of esters is 1. The van der Waals surface area contributed by atoms with Crippen LogP contribution in [0.25, 0.3) is 0 Å². The monoisotopic (exact) mass is 218 g/mol. The molecule has 0 aromatic heterocycles. The summed E-state index contributed by atoms with van der Waals surface area (Å²) in [6.07, 6.45) is 3.48. The van der Waals surface area contributed by atoms with Crippen molar-refractivity contribution in [1.82, 2.24) is 0 Å². The van der Waals surface area contributed by atoms with E-state index >= 15 is 0 Å². The van der Waals surface area contributed by atoms with Gasteiger partial charge in [-0.3, -0.25) is 4.79 Å². The Kier molecular flexibility index (Phi) is 5.34. The van der Waals surface area contributed by atoms with Gasteiger partial charge in [-0.1, -0.05) is 43.3 Å². The molecule has 0 aliphatic rings. The zero-order valence-electron chi connectivity index (χ0n) is 9.69. The van der Waals surface area contributed by atoms with Crippen LogP contribution in [-0.4, -0.2) is 5.97 Å². The summed E-state index contributed by atoms with van der Waals surface area (Å²) in [5.74, 6) is -0.157. The summed E-state index contributed by atoms with van der Waals surface area (Å²) in [6.45, 7) is 5.59. The molecule has 1 unspecified atom stereocenters. The normalized spacial score (nSPS) is 11.8. The molecule has 0 amide bonds. The molecule has 0 N–H and O–H groups in total. The molecule has 1 rings (SSSR count). The minimum Gasteiger partial charge on any atom is -0.457 e. The third kappa shape index (κ3) is 3.89. The summed E-state index contributed by atoms with van der Waals surface area (Å²) >= 11 is 0. The van der Waals surface area contributed by atoms with Crippen molar-refractivity contribution in [3.05, 3.63) is 48.6 Å². The van der Waals surface area contributed by atoms with E-state index in [1.807, 2.05) is 37.3 Å². The lowest BCUT2D eigenvalue weighted by atomic mass is 10.1. The van der Waals surface area contributed by atoms with Crippen molar-refractivity contribution in [2.45, 2.75) is 32.3 Å². The highest BCUT2D eigenvalue weighted by molar-refractivity contribution is 5.69. The van der Waals surface area contributed by atoms with Gasteiger partial charge in [0.25, 0.3) is 0 Å². The smallest absolute Gasteiger partial charge is 0.306 e. The number of hydrogen-bond acceptors (Lipinski definition) is 2. The van der Waals surface area contributed by atoms with Crippen LogP contribution in [0.4, 0.5) is 0 Å². The molecule has 0 aliphatic heterocycles. The van der Waals surface area contributed by atoms with Crippen LogP contribution < -0.4 is 0 Å². The van der Waals surface area contributed by atoms with E-state index in [-0.39, 0.29) is 12.1 Å². The van der Waals surface area contributed by atoms with Crippen LogP contribution in [0.2, 0.25) is 0 Å². The Labute approximate surface area is 96.9 Å². The summed E-state index contributed by atoms with van der Waals surface area (Å²) in [7, 11) is 0. The quantitative estimate of drug-likeness (QED) is 0.538. The second kappa shape index (κ2) is 6.83. The van der Waals surface area contributed by atoms with Crippen LogP contribution in [-0.2, 0) is 9.53 Å². The van der Waals surface area contributed by atoms with Gasteiger partial charge in [0, 0.05) is 6.42 Å². The largest absolute Gasteiger partial charge is 0.457 e. The summed E-state index contributed by atoms with van der Waals surface area (Å²) in [6, 6.07) is 9.82. The van der Waals surface area contributed by atoms with Gasteiger partial charge >= 0.3 is 5.97 Å². The lowest BCUT2D eigenvalue weighted by Gasteiger charge is -2.16. The molecule has 0 fully saturated rings. The molecule has 1 aromatic rings. The first kappa shape index (κ1) is 12.5. The molecule has 16 heavy (non-hydrogen) atoms. The summed E-state index contributed by atoms with van der Waals surface area (Å²) in [5, 5.41) is 0. The fourth-order valence-electron chi connectivity index (χ4n) is 1.49. The molecule has 0 saturated heterocycles. The Balaban J connectivity index is 2.55. The van der Waals surface area contributed by atoms with E-state index in [4.69, 9.17) is 4.74 Å². The van der Waals surface area contributed by atoms with Gasteiger partial charge in [-0.05, 0) is 18.4 Å². The Morgan fingerprint density at radius 3 is 2.69 bits per heavy atom. The van der Waals surface area contributed by atoms with Crippen LogP contribution in [0, 0.1) is 0 Å². The molecular formula is C14H18O2. The Hall–Kier alpha value is -1.57. The van der Waals surface area contributed by atoms with Crippen LogP contribution in [0.15, 0.2) is 43.0 Å². The lowest BCUT2D eigenvalue weighted by Crippen LogP contribution is -2.10. The zero-order valence-corrected chi connectivity index (χ0v) is 9.69. The summed E-state index contributed by atoms with van der Waals surface area (Å²) in [5.41, 5.74) is 1.05. The van der Waals surface area contributed by atoms with Gasteiger partial charge in [-0.25, -0.2) is 0 Å². The van der Waals surface area contributed by atoms with Gasteiger partial charge in [0.15, 0.2) is 0 Å². The van der Waals surface area contributed by atoms with Crippen LogP contribution in [0.3, 0.4) is 0 Å². The fraction of sp³-hybridized carbons (Fsp3) is 0.357. The number of carbonyl (C=O) groups is 1. The van der Waals surface area contributed by atoms with E-state index in [0.29, 0.717) is 12.8 Å². The van der Waals surface area contributed by atoms with Gasteiger partial charge in [-0.2, -0.15) is 0 Å². The molecule has 0 heterocycles. The molecule has 1 aromatic carbocycles. The van der Waals surface area contributed by atoms with Crippen molar-refractivity contribution in [3.63, 3.8) is 0 Å². The number of rotatable bonds is 6. The van der Waals surface area contributed by atoms with Crippen molar-refractivity contribution in [2.24, 2.45) is 0 Å². The average Bonchev–Trinajstić information content (AvgIpc) is 2.34. The van der Waals surface area contributed by atoms with Gasteiger partial charge in [-0.15, -0.1) is 6.58 Å². The van der Waals surface area contributed by atoms with Gasteiger partial charge in [0.1, 0.15) is 6.10 Å². The van der Waals surface area contributed by atoms with E-state index in [1.165, 1.54) is 0 Å². The molecule has 0 saturated carbocycles. The average molecular weight is 218 g/mol. The van der Waals surface area contributed by atoms with Crippen LogP contribution in [0.5, 0.6) is 0 Å². The van der Waals surface area contributed by atoms with E-state index < -0.39 is 0 Å². The summed E-state index contributed by atoms with van der Waals surface area (Å²) < 4.78 is 5.40. The minimum atomic E-state index is -0.157. The van der Waals surface area contributed by atoms with E-state index in [2.05, 4.69) is 6.58 Å². The molecule has 86 valence electrons. The highest BCUT2D eigenvalue weighted by atomic mass is 16.5.